The number of aromatic nitrogens is 2. The Morgan fingerprint density at radius 2 is 1.87 bits per heavy atom. The molecule has 0 unspecified atom stereocenters. The van der Waals surface area contributed by atoms with Gasteiger partial charge in [-0.2, -0.15) is 0 Å². The number of hydrogen-bond acceptors (Lipinski definition) is 4. The lowest BCUT2D eigenvalue weighted by Gasteiger charge is -2.13. The molecule has 1 aromatic rings. The summed E-state index contributed by atoms with van der Waals surface area (Å²) in [4.78, 5) is 4.08. The molecule has 15 heavy (non-hydrogen) atoms. The van der Waals surface area contributed by atoms with E-state index in [0.717, 1.165) is 4.60 Å². The minimum Gasteiger partial charge on any atom is -0.394 e. The fraction of sp³-hybridized carbons (Fsp3) is 0.571. The van der Waals surface area contributed by atoms with Crippen LogP contribution >= 0.6 is 47.8 Å². The van der Waals surface area contributed by atoms with Crippen molar-refractivity contribution in [3.8, 4) is 0 Å². The van der Waals surface area contributed by atoms with Gasteiger partial charge in [-0.15, -0.1) is 0 Å². The van der Waals surface area contributed by atoms with E-state index in [1.54, 1.807) is 4.57 Å². The SMILES string of the molecule is OCC(CO)OCn1c(Br)nc(Br)c1Br. The highest BCUT2D eigenvalue weighted by atomic mass is 79.9. The van der Waals surface area contributed by atoms with Crippen molar-refractivity contribution in [2.24, 2.45) is 0 Å². The second-order valence-electron chi connectivity index (χ2n) is 2.67. The maximum absolute atomic E-state index is 8.81. The molecule has 86 valence electrons. The second-order valence-corrected chi connectivity index (χ2v) is 4.88. The summed E-state index contributed by atoms with van der Waals surface area (Å²) in [6.07, 6.45) is -0.579. The van der Waals surface area contributed by atoms with Crippen LogP contribution in [-0.2, 0) is 11.5 Å². The van der Waals surface area contributed by atoms with E-state index in [4.69, 9.17) is 14.9 Å². The van der Waals surface area contributed by atoms with Gasteiger partial charge in [0.15, 0.2) is 4.73 Å². The average Bonchev–Trinajstić information content (AvgIpc) is 2.45. The van der Waals surface area contributed by atoms with Gasteiger partial charge in [-0.3, -0.25) is 4.57 Å². The standard InChI is InChI=1S/C7H9Br3N2O3/c8-5-6(9)12(7(10)11-5)3-15-4(1-13)2-14/h4,13-14H,1-3H2. The summed E-state index contributed by atoms with van der Waals surface area (Å²) in [5.41, 5.74) is 0. The van der Waals surface area contributed by atoms with E-state index in [0.29, 0.717) is 9.34 Å². The van der Waals surface area contributed by atoms with Crippen molar-refractivity contribution in [3.63, 3.8) is 0 Å². The predicted octanol–water partition coefficient (Wildman–Crippen LogP) is 1.50. The molecule has 1 rings (SSSR count). The van der Waals surface area contributed by atoms with E-state index in [2.05, 4.69) is 52.8 Å². The molecule has 2 N–H and O–H groups in total. The van der Waals surface area contributed by atoms with Crippen LogP contribution in [-0.4, -0.2) is 39.1 Å². The highest BCUT2D eigenvalue weighted by Gasteiger charge is 2.13. The fourth-order valence-corrected chi connectivity index (χ4v) is 2.51. The van der Waals surface area contributed by atoms with Gasteiger partial charge in [-0.05, 0) is 47.8 Å². The maximum Gasteiger partial charge on any atom is 0.181 e. The molecular formula is C7H9Br3N2O3. The van der Waals surface area contributed by atoms with Crippen molar-refractivity contribution in [1.29, 1.82) is 0 Å². The number of imidazole rings is 1. The Hall–Kier alpha value is 0.530. The third-order valence-electron chi connectivity index (χ3n) is 1.67. The van der Waals surface area contributed by atoms with Gasteiger partial charge in [-0.25, -0.2) is 4.98 Å². The molecule has 8 heteroatoms. The summed E-state index contributed by atoms with van der Waals surface area (Å²) >= 11 is 9.81. The van der Waals surface area contributed by atoms with Crippen LogP contribution in [0.3, 0.4) is 0 Å². The zero-order valence-electron chi connectivity index (χ0n) is 7.53. The zero-order valence-corrected chi connectivity index (χ0v) is 12.3. The number of nitrogens with zero attached hydrogens (tertiary/aromatic N) is 2. The first-order valence-corrected chi connectivity index (χ1v) is 6.38. The molecule has 0 aromatic carbocycles. The molecule has 0 aliphatic heterocycles. The van der Waals surface area contributed by atoms with Crippen molar-refractivity contribution < 1.29 is 14.9 Å². The molecule has 0 radical (unpaired) electrons. The molecule has 5 nitrogen and oxygen atoms in total. The average molecular weight is 409 g/mol. The Morgan fingerprint density at radius 1 is 1.27 bits per heavy atom. The Balaban J connectivity index is 2.64. The van der Waals surface area contributed by atoms with E-state index in [1.165, 1.54) is 0 Å². The molecule has 0 spiro atoms. The third kappa shape index (κ3) is 3.50. The Morgan fingerprint density at radius 3 is 2.27 bits per heavy atom. The van der Waals surface area contributed by atoms with Crippen LogP contribution in [0.5, 0.6) is 0 Å². The summed E-state index contributed by atoms with van der Waals surface area (Å²) in [5.74, 6) is 0. The molecule has 0 amide bonds. The quantitative estimate of drug-likeness (QED) is 0.774. The largest absolute Gasteiger partial charge is 0.394 e. The lowest BCUT2D eigenvalue weighted by Crippen LogP contribution is -2.23. The van der Waals surface area contributed by atoms with Crippen molar-refractivity contribution in [2.45, 2.75) is 12.8 Å². The summed E-state index contributed by atoms with van der Waals surface area (Å²) in [6.45, 7) is -0.255. The number of aliphatic hydroxyl groups is 2. The lowest BCUT2D eigenvalue weighted by molar-refractivity contribution is -0.0511. The minimum atomic E-state index is -0.579. The summed E-state index contributed by atoms with van der Waals surface area (Å²) in [7, 11) is 0. The van der Waals surface area contributed by atoms with Crippen LogP contribution in [0.2, 0.25) is 0 Å². The van der Waals surface area contributed by atoms with Crippen LogP contribution in [0.1, 0.15) is 0 Å². The van der Waals surface area contributed by atoms with Gasteiger partial charge in [-0.1, -0.05) is 0 Å². The maximum atomic E-state index is 8.81. The van der Waals surface area contributed by atoms with Gasteiger partial charge >= 0.3 is 0 Å². The first-order chi connectivity index (χ1) is 7.10. The van der Waals surface area contributed by atoms with E-state index in [1.807, 2.05) is 0 Å². The number of aliphatic hydroxyl groups excluding tert-OH is 2. The molecule has 0 aliphatic carbocycles. The highest BCUT2D eigenvalue weighted by Crippen LogP contribution is 2.26. The van der Waals surface area contributed by atoms with Gasteiger partial charge in [0.25, 0.3) is 0 Å². The van der Waals surface area contributed by atoms with Crippen LogP contribution in [0.15, 0.2) is 13.9 Å². The van der Waals surface area contributed by atoms with E-state index in [9.17, 15) is 0 Å². The molecular weight excluding hydrogens is 400 g/mol. The predicted molar refractivity (Wildman–Crippen MR) is 64.4 cm³/mol. The fourth-order valence-electron chi connectivity index (χ4n) is 0.833. The molecule has 0 saturated heterocycles. The Kier molecular flexibility index (Phi) is 5.72. The number of halogens is 3. The first kappa shape index (κ1) is 13.6. The third-order valence-corrected chi connectivity index (χ3v) is 4.16. The molecule has 0 aliphatic rings. The normalized spacial score (nSPS) is 11.3. The van der Waals surface area contributed by atoms with Gasteiger partial charge in [0.1, 0.15) is 22.0 Å². The summed E-state index contributed by atoms with van der Waals surface area (Å²) in [5, 5.41) is 17.6. The van der Waals surface area contributed by atoms with Gasteiger partial charge in [0.05, 0.1) is 13.2 Å². The molecule has 1 aromatic heterocycles. The smallest absolute Gasteiger partial charge is 0.181 e. The van der Waals surface area contributed by atoms with E-state index >= 15 is 0 Å². The molecule has 0 atom stereocenters. The second kappa shape index (κ2) is 6.31. The monoisotopic (exact) mass is 406 g/mol. The lowest BCUT2D eigenvalue weighted by atomic mass is 10.4. The highest BCUT2D eigenvalue weighted by molar-refractivity contribution is 9.13. The van der Waals surface area contributed by atoms with Gasteiger partial charge in [0, 0.05) is 0 Å². The first-order valence-electron chi connectivity index (χ1n) is 4.00. The van der Waals surface area contributed by atoms with E-state index in [-0.39, 0.29) is 19.9 Å². The number of hydrogen-bond donors (Lipinski definition) is 2. The Labute approximate surface area is 112 Å². The van der Waals surface area contributed by atoms with Crippen molar-refractivity contribution in [3.05, 3.63) is 13.9 Å². The van der Waals surface area contributed by atoms with Crippen LogP contribution in [0.4, 0.5) is 0 Å². The topological polar surface area (TPSA) is 67.5 Å². The van der Waals surface area contributed by atoms with Crippen LogP contribution in [0, 0.1) is 0 Å². The minimum absolute atomic E-state index is 0.186. The molecule has 0 fully saturated rings. The van der Waals surface area contributed by atoms with Crippen molar-refractivity contribution in [2.75, 3.05) is 13.2 Å². The van der Waals surface area contributed by atoms with Gasteiger partial charge < -0.3 is 14.9 Å². The van der Waals surface area contributed by atoms with Crippen LogP contribution < -0.4 is 0 Å². The van der Waals surface area contributed by atoms with Crippen molar-refractivity contribution in [1.82, 2.24) is 9.55 Å². The molecule has 0 saturated carbocycles. The molecule has 1 heterocycles. The summed E-state index contributed by atoms with van der Waals surface area (Å²) in [6, 6.07) is 0. The number of rotatable bonds is 5. The van der Waals surface area contributed by atoms with Gasteiger partial charge in [0.2, 0.25) is 0 Å². The van der Waals surface area contributed by atoms with Crippen molar-refractivity contribution >= 4 is 47.8 Å². The summed E-state index contributed by atoms with van der Waals surface area (Å²) < 4.78 is 8.91. The number of ether oxygens (including phenoxy) is 1. The van der Waals surface area contributed by atoms with Crippen LogP contribution in [0.25, 0.3) is 0 Å². The Bertz CT molecular complexity index is 328. The van der Waals surface area contributed by atoms with E-state index < -0.39 is 6.10 Å². The zero-order chi connectivity index (χ0) is 11.4. The molecule has 0 bridgehead atoms.